The molecule has 0 aliphatic carbocycles. The molecule has 1 heterocycles. The van der Waals surface area contributed by atoms with Gasteiger partial charge in [-0.15, -0.1) is 0 Å². The molecule has 1 aromatic heterocycles. The number of nitrogen functional groups attached to an aromatic ring is 1. The molecule has 2 rings (SSSR count). The van der Waals surface area contributed by atoms with Crippen LogP contribution in [0.2, 0.25) is 5.02 Å². The van der Waals surface area contributed by atoms with Crippen molar-refractivity contribution in [3.8, 4) is 0 Å². The molecule has 15 heavy (non-hydrogen) atoms. The summed E-state index contributed by atoms with van der Waals surface area (Å²) in [5, 5.41) is 1.37. The lowest BCUT2D eigenvalue weighted by Crippen LogP contribution is -1.90. The highest BCUT2D eigenvalue weighted by Gasteiger charge is 2.03. The summed E-state index contributed by atoms with van der Waals surface area (Å²) in [4.78, 5) is 4.15. The first-order valence-corrected chi connectivity index (χ1v) is 5.85. The van der Waals surface area contributed by atoms with Crippen molar-refractivity contribution in [1.29, 1.82) is 0 Å². The average Bonchev–Trinajstić information content (AvgIpc) is 2.27. The first-order valence-electron chi connectivity index (χ1n) is 4.68. The van der Waals surface area contributed by atoms with Crippen molar-refractivity contribution in [1.82, 2.24) is 4.98 Å². The van der Waals surface area contributed by atoms with Gasteiger partial charge in [0, 0.05) is 16.1 Å². The third-order valence-electron chi connectivity index (χ3n) is 1.82. The van der Waals surface area contributed by atoms with E-state index in [1.807, 2.05) is 32.0 Å². The van der Waals surface area contributed by atoms with E-state index in [4.69, 9.17) is 17.3 Å². The fourth-order valence-electron chi connectivity index (χ4n) is 1.16. The molecule has 2 N–H and O–H groups in total. The molecule has 0 saturated heterocycles. The number of benzene rings is 1. The second-order valence-corrected chi connectivity index (χ2v) is 4.00. The summed E-state index contributed by atoms with van der Waals surface area (Å²) in [5.41, 5.74) is 7.22. The normalized spacial score (nSPS) is 9.60. The van der Waals surface area contributed by atoms with Crippen LogP contribution < -0.4 is 5.73 Å². The zero-order valence-corrected chi connectivity index (χ0v) is 10.9. The maximum atomic E-state index is 5.84. The van der Waals surface area contributed by atoms with Gasteiger partial charge >= 0.3 is 0 Å². The molecule has 0 radical (unpaired) electrons. The fraction of sp³-hybridized carbons (Fsp3) is 0.182. The van der Waals surface area contributed by atoms with Gasteiger partial charge in [0.15, 0.2) is 0 Å². The lowest BCUT2D eigenvalue weighted by molar-refractivity contribution is 1.41. The highest BCUT2D eigenvalue weighted by molar-refractivity contribution is 9.10. The van der Waals surface area contributed by atoms with E-state index in [-0.39, 0.29) is 0 Å². The van der Waals surface area contributed by atoms with E-state index >= 15 is 0 Å². The quantitative estimate of drug-likeness (QED) is 0.786. The van der Waals surface area contributed by atoms with Crippen LogP contribution in [0.1, 0.15) is 13.8 Å². The largest absolute Gasteiger partial charge is 0.397 e. The summed E-state index contributed by atoms with van der Waals surface area (Å²) >= 11 is 9.20. The minimum atomic E-state index is 0.491. The molecular formula is C11H12BrClN2. The first kappa shape index (κ1) is 12.3. The van der Waals surface area contributed by atoms with E-state index < -0.39 is 0 Å². The minimum absolute atomic E-state index is 0.491. The van der Waals surface area contributed by atoms with Gasteiger partial charge in [-0.1, -0.05) is 41.4 Å². The molecule has 0 atom stereocenters. The van der Waals surface area contributed by atoms with E-state index in [0.29, 0.717) is 10.7 Å². The van der Waals surface area contributed by atoms with E-state index in [0.717, 1.165) is 15.4 Å². The molecule has 2 aromatic rings. The number of fused-ring (bicyclic) bond motifs is 1. The SMILES string of the molecule is CC.Nc1c(Cl)cnc2ccc(Br)cc12. The Morgan fingerprint density at radius 2 is 2.00 bits per heavy atom. The van der Waals surface area contributed by atoms with Crippen LogP contribution >= 0.6 is 27.5 Å². The number of nitrogens with two attached hydrogens (primary N) is 1. The van der Waals surface area contributed by atoms with Crippen LogP contribution in [-0.4, -0.2) is 4.98 Å². The monoisotopic (exact) mass is 286 g/mol. The number of halogens is 2. The van der Waals surface area contributed by atoms with E-state index in [1.54, 1.807) is 6.20 Å². The lowest BCUT2D eigenvalue weighted by atomic mass is 10.2. The van der Waals surface area contributed by atoms with Crippen molar-refractivity contribution in [2.75, 3.05) is 5.73 Å². The maximum Gasteiger partial charge on any atom is 0.0825 e. The van der Waals surface area contributed by atoms with Crippen molar-refractivity contribution >= 4 is 44.1 Å². The first-order chi connectivity index (χ1) is 7.18. The second kappa shape index (κ2) is 5.33. The van der Waals surface area contributed by atoms with Gasteiger partial charge in [0.25, 0.3) is 0 Å². The Morgan fingerprint density at radius 3 is 2.67 bits per heavy atom. The van der Waals surface area contributed by atoms with Gasteiger partial charge in [0.05, 0.1) is 16.2 Å². The van der Waals surface area contributed by atoms with E-state index in [1.165, 1.54) is 0 Å². The molecule has 1 aromatic carbocycles. The second-order valence-electron chi connectivity index (χ2n) is 2.68. The average molecular weight is 288 g/mol. The van der Waals surface area contributed by atoms with Crippen LogP contribution in [0.4, 0.5) is 5.69 Å². The van der Waals surface area contributed by atoms with Crippen LogP contribution in [0.5, 0.6) is 0 Å². The topological polar surface area (TPSA) is 38.9 Å². The Kier molecular flexibility index (Phi) is 4.36. The smallest absolute Gasteiger partial charge is 0.0825 e. The highest BCUT2D eigenvalue weighted by atomic mass is 79.9. The number of hydrogen-bond donors (Lipinski definition) is 1. The summed E-state index contributed by atoms with van der Waals surface area (Å²) in [6.07, 6.45) is 1.56. The summed E-state index contributed by atoms with van der Waals surface area (Å²) in [6.45, 7) is 4.00. The standard InChI is InChI=1S/C9H6BrClN2.C2H6/c10-5-1-2-8-6(3-5)9(12)7(11)4-13-8;1-2/h1-4H,(H2,12,13);1-2H3. The Labute approximate surface area is 103 Å². The van der Waals surface area contributed by atoms with Crippen molar-refractivity contribution in [2.24, 2.45) is 0 Å². The Balaban J connectivity index is 0.000000531. The minimum Gasteiger partial charge on any atom is -0.397 e. The molecular weight excluding hydrogens is 275 g/mol. The number of hydrogen-bond acceptors (Lipinski definition) is 2. The Bertz CT molecular complexity index is 466. The molecule has 0 aliphatic rings. The van der Waals surface area contributed by atoms with Gasteiger partial charge in [-0.05, 0) is 18.2 Å². The molecule has 0 saturated carbocycles. The molecule has 0 unspecified atom stereocenters. The van der Waals surface area contributed by atoms with Crippen molar-refractivity contribution in [3.05, 3.63) is 33.9 Å². The summed E-state index contributed by atoms with van der Waals surface area (Å²) in [5.74, 6) is 0. The predicted octanol–water partition coefficient (Wildman–Crippen LogP) is 4.26. The zero-order chi connectivity index (χ0) is 11.4. The van der Waals surface area contributed by atoms with Gasteiger partial charge in [-0.2, -0.15) is 0 Å². The fourth-order valence-corrected chi connectivity index (χ4v) is 1.67. The molecule has 0 aliphatic heterocycles. The molecule has 0 amide bonds. The summed E-state index contributed by atoms with van der Waals surface area (Å²) in [7, 11) is 0. The molecule has 2 nitrogen and oxygen atoms in total. The zero-order valence-electron chi connectivity index (χ0n) is 8.59. The predicted molar refractivity (Wildman–Crippen MR) is 70.2 cm³/mol. The number of pyridine rings is 1. The van der Waals surface area contributed by atoms with Crippen molar-refractivity contribution in [2.45, 2.75) is 13.8 Å². The van der Waals surface area contributed by atoms with Gasteiger partial charge < -0.3 is 5.73 Å². The molecule has 0 spiro atoms. The molecule has 0 bridgehead atoms. The van der Waals surface area contributed by atoms with Crippen LogP contribution in [0.25, 0.3) is 10.9 Å². The van der Waals surface area contributed by atoms with Crippen molar-refractivity contribution < 1.29 is 0 Å². The highest BCUT2D eigenvalue weighted by Crippen LogP contribution is 2.28. The van der Waals surface area contributed by atoms with Gasteiger partial charge in [0.2, 0.25) is 0 Å². The Hall–Kier alpha value is -0.800. The van der Waals surface area contributed by atoms with Gasteiger partial charge in [-0.25, -0.2) is 0 Å². The summed E-state index contributed by atoms with van der Waals surface area (Å²) in [6, 6.07) is 5.72. The summed E-state index contributed by atoms with van der Waals surface area (Å²) < 4.78 is 0.968. The van der Waals surface area contributed by atoms with Crippen molar-refractivity contribution in [3.63, 3.8) is 0 Å². The van der Waals surface area contributed by atoms with Crippen LogP contribution in [0, 0.1) is 0 Å². The van der Waals surface area contributed by atoms with Gasteiger partial charge in [-0.3, -0.25) is 4.98 Å². The van der Waals surface area contributed by atoms with Crippen LogP contribution in [0.15, 0.2) is 28.9 Å². The molecule has 4 heteroatoms. The molecule has 80 valence electrons. The van der Waals surface area contributed by atoms with Crippen LogP contribution in [0.3, 0.4) is 0 Å². The van der Waals surface area contributed by atoms with Crippen LogP contribution in [-0.2, 0) is 0 Å². The Morgan fingerprint density at radius 1 is 1.33 bits per heavy atom. The third-order valence-corrected chi connectivity index (χ3v) is 2.62. The number of rotatable bonds is 0. The lowest BCUT2D eigenvalue weighted by Gasteiger charge is -2.03. The molecule has 0 fully saturated rings. The van der Waals surface area contributed by atoms with Gasteiger partial charge in [0.1, 0.15) is 0 Å². The number of nitrogens with zero attached hydrogens (tertiary/aromatic N) is 1. The number of aromatic nitrogens is 1. The third kappa shape index (κ3) is 2.61. The van der Waals surface area contributed by atoms with E-state index in [2.05, 4.69) is 20.9 Å². The van der Waals surface area contributed by atoms with E-state index in [9.17, 15) is 0 Å². The number of anilines is 1. The maximum absolute atomic E-state index is 5.84.